The molecular formula is C26H30F3N5O3. The van der Waals surface area contributed by atoms with Crippen LogP contribution in [-0.2, 0) is 22.2 Å². The van der Waals surface area contributed by atoms with E-state index in [1.54, 1.807) is 32.0 Å². The molecule has 1 N–H and O–H groups in total. The molecule has 3 aromatic rings. The van der Waals surface area contributed by atoms with Gasteiger partial charge < -0.3 is 15.0 Å². The number of pyridine rings is 1. The van der Waals surface area contributed by atoms with Gasteiger partial charge in [-0.05, 0) is 26.3 Å². The van der Waals surface area contributed by atoms with Crippen molar-refractivity contribution in [2.45, 2.75) is 57.7 Å². The van der Waals surface area contributed by atoms with Gasteiger partial charge in [0.15, 0.2) is 0 Å². The summed E-state index contributed by atoms with van der Waals surface area (Å²) < 4.78 is 48.6. The van der Waals surface area contributed by atoms with Crippen LogP contribution in [0, 0.1) is 5.82 Å². The average molecular weight is 518 g/mol. The fourth-order valence-corrected chi connectivity index (χ4v) is 5.28. The Labute approximate surface area is 212 Å². The average Bonchev–Trinajstić information content (AvgIpc) is 2.85. The molecule has 198 valence electrons. The quantitative estimate of drug-likeness (QED) is 0.520. The molecule has 3 heterocycles. The van der Waals surface area contributed by atoms with E-state index >= 15 is 0 Å². The number of ether oxygens (including phenoxy) is 1. The van der Waals surface area contributed by atoms with Crippen LogP contribution >= 0.6 is 0 Å². The van der Waals surface area contributed by atoms with E-state index in [0.717, 1.165) is 6.07 Å². The van der Waals surface area contributed by atoms with Crippen LogP contribution in [0.15, 0.2) is 35.4 Å². The molecule has 0 spiro atoms. The zero-order valence-electron chi connectivity index (χ0n) is 21.4. The van der Waals surface area contributed by atoms with Gasteiger partial charge in [0.05, 0.1) is 22.6 Å². The molecule has 4 rings (SSSR count). The van der Waals surface area contributed by atoms with Crippen LogP contribution in [0.25, 0.3) is 11.0 Å². The second-order valence-corrected chi connectivity index (χ2v) is 9.51. The normalized spacial score (nSPS) is 20.9. The second kappa shape index (κ2) is 10.1. The van der Waals surface area contributed by atoms with Crippen molar-refractivity contribution in [3.05, 3.63) is 63.5 Å². The molecule has 11 heteroatoms. The van der Waals surface area contributed by atoms with Crippen molar-refractivity contribution in [2.75, 3.05) is 19.0 Å². The number of piperidine rings is 1. The van der Waals surface area contributed by atoms with E-state index in [2.05, 4.69) is 15.3 Å². The van der Waals surface area contributed by atoms with Crippen LogP contribution in [0.1, 0.15) is 62.8 Å². The van der Waals surface area contributed by atoms with Crippen molar-refractivity contribution in [3.8, 4) is 0 Å². The Bertz CT molecular complexity index is 1400. The van der Waals surface area contributed by atoms with Crippen LogP contribution < -0.4 is 10.9 Å². The molecule has 0 bridgehead atoms. The SMILES string of the molecule is CO[C@@]1(c2cc3c(N[C@H](C)c4cccc(C(F)F)c4F)ncnc3n(C)c2=O)CCN(C(C)=O)[C@H](C)C1. The molecule has 3 atom stereocenters. The minimum absolute atomic E-state index is 0.0411. The third-order valence-corrected chi connectivity index (χ3v) is 7.32. The Hall–Kier alpha value is -3.47. The van der Waals surface area contributed by atoms with Gasteiger partial charge in [0.2, 0.25) is 5.91 Å². The Morgan fingerprint density at radius 1 is 1.27 bits per heavy atom. The van der Waals surface area contributed by atoms with Crippen molar-refractivity contribution in [1.29, 1.82) is 0 Å². The lowest BCUT2D eigenvalue weighted by molar-refractivity contribution is -0.140. The summed E-state index contributed by atoms with van der Waals surface area (Å²) >= 11 is 0. The number of aromatic nitrogens is 3. The highest BCUT2D eigenvalue weighted by Gasteiger charge is 2.43. The van der Waals surface area contributed by atoms with Crippen molar-refractivity contribution in [2.24, 2.45) is 7.05 Å². The molecule has 1 fully saturated rings. The monoisotopic (exact) mass is 517 g/mol. The number of alkyl halides is 2. The van der Waals surface area contributed by atoms with Crippen LogP contribution in [0.4, 0.5) is 19.0 Å². The van der Waals surface area contributed by atoms with Crippen LogP contribution in [0.5, 0.6) is 0 Å². The summed E-state index contributed by atoms with van der Waals surface area (Å²) in [4.78, 5) is 35.8. The molecule has 0 unspecified atom stereocenters. The van der Waals surface area contributed by atoms with Gasteiger partial charge in [-0.25, -0.2) is 23.1 Å². The highest BCUT2D eigenvalue weighted by atomic mass is 19.3. The number of carbonyl (C=O) groups is 1. The topological polar surface area (TPSA) is 89.3 Å². The molecule has 0 saturated carbocycles. The summed E-state index contributed by atoms with van der Waals surface area (Å²) in [7, 11) is 3.14. The molecule has 0 radical (unpaired) electrons. The van der Waals surface area contributed by atoms with E-state index in [9.17, 15) is 22.8 Å². The van der Waals surface area contributed by atoms with Gasteiger partial charge in [0.25, 0.3) is 12.0 Å². The Kier molecular flexibility index (Phi) is 7.27. The van der Waals surface area contributed by atoms with Gasteiger partial charge in [0, 0.05) is 45.7 Å². The lowest BCUT2D eigenvalue weighted by atomic mass is 9.81. The van der Waals surface area contributed by atoms with E-state index < -0.39 is 29.4 Å². The summed E-state index contributed by atoms with van der Waals surface area (Å²) in [6.07, 6.45) is -0.817. The number of methoxy groups -OCH3 is 1. The number of fused-ring (bicyclic) bond motifs is 1. The van der Waals surface area contributed by atoms with E-state index in [4.69, 9.17) is 4.74 Å². The van der Waals surface area contributed by atoms with E-state index in [-0.39, 0.29) is 23.1 Å². The third kappa shape index (κ3) is 4.68. The number of carbonyl (C=O) groups excluding carboxylic acids is 1. The highest BCUT2D eigenvalue weighted by molar-refractivity contribution is 5.87. The minimum atomic E-state index is -2.94. The van der Waals surface area contributed by atoms with Crippen molar-refractivity contribution in [1.82, 2.24) is 19.4 Å². The zero-order valence-corrected chi connectivity index (χ0v) is 21.4. The number of nitrogens with zero attached hydrogens (tertiary/aromatic N) is 4. The van der Waals surface area contributed by atoms with Gasteiger partial charge >= 0.3 is 0 Å². The van der Waals surface area contributed by atoms with Crippen molar-refractivity contribution < 1.29 is 22.7 Å². The minimum Gasteiger partial charge on any atom is -0.373 e. The predicted molar refractivity (Wildman–Crippen MR) is 133 cm³/mol. The molecule has 1 amide bonds. The first-order chi connectivity index (χ1) is 17.5. The molecule has 0 aliphatic carbocycles. The first kappa shape index (κ1) is 26.6. The van der Waals surface area contributed by atoms with Gasteiger partial charge in [-0.3, -0.25) is 14.2 Å². The lowest BCUT2D eigenvalue weighted by Gasteiger charge is -2.44. The van der Waals surface area contributed by atoms with Gasteiger partial charge in [-0.2, -0.15) is 0 Å². The van der Waals surface area contributed by atoms with Crippen molar-refractivity contribution in [3.63, 3.8) is 0 Å². The first-order valence-electron chi connectivity index (χ1n) is 12.0. The standard InChI is InChI=1S/C26H30F3N5O3/c1-14-12-26(37-5,9-10-34(14)16(3)35)20-11-19-23(30-13-31-24(19)33(4)25(20)36)32-15(2)17-7-6-8-18(21(17)27)22(28)29/h6-8,11,13-15,22H,9-10,12H2,1-5H3,(H,30,31,32)/t14-,15-,26+/m1/s1. The number of nitrogens with one attached hydrogen (secondary N) is 1. The molecule has 1 aliphatic heterocycles. The summed E-state index contributed by atoms with van der Waals surface area (Å²) in [6.45, 7) is 5.50. The van der Waals surface area contributed by atoms with Crippen LogP contribution in [0.3, 0.4) is 0 Å². The largest absolute Gasteiger partial charge is 0.373 e. The maximum atomic E-state index is 14.8. The van der Waals surface area contributed by atoms with E-state index in [1.165, 1.54) is 30.0 Å². The smallest absolute Gasteiger partial charge is 0.266 e. The van der Waals surface area contributed by atoms with Crippen molar-refractivity contribution >= 4 is 22.8 Å². The second-order valence-electron chi connectivity index (χ2n) is 9.51. The maximum Gasteiger partial charge on any atom is 0.266 e. The van der Waals surface area contributed by atoms with Crippen LogP contribution in [0.2, 0.25) is 0 Å². The number of benzene rings is 1. The number of aryl methyl sites for hydroxylation is 1. The first-order valence-corrected chi connectivity index (χ1v) is 12.0. The number of hydrogen-bond acceptors (Lipinski definition) is 6. The number of hydrogen-bond donors (Lipinski definition) is 1. The highest BCUT2D eigenvalue weighted by Crippen LogP contribution is 2.39. The molecule has 37 heavy (non-hydrogen) atoms. The Morgan fingerprint density at radius 3 is 2.59 bits per heavy atom. The van der Waals surface area contributed by atoms with Gasteiger partial charge in [0.1, 0.15) is 29.2 Å². The molecule has 1 aliphatic rings. The molecular weight excluding hydrogens is 487 g/mol. The predicted octanol–water partition coefficient (Wildman–Crippen LogP) is 4.45. The lowest BCUT2D eigenvalue weighted by Crippen LogP contribution is -2.52. The number of likely N-dealkylation sites (tertiary alicyclic amines) is 1. The number of anilines is 1. The third-order valence-electron chi connectivity index (χ3n) is 7.32. The Balaban J connectivity index is 1.79. The van der Waals surface area contributed by atoms with Gasteiger partial charge in [-0.1, -0.05) is 18.2 Å². The number of amides is 1. The van der Waals surface area contributed by atoms with E-state index in [0.29, 0.717) is 41.8 Å². The fraction of sp³-hybridized carbons (Fsp3) is 0.462. The van der Waals surface area contributed by atoms with Crippen LogP contribution in [-0.4, -0.2) is 45.0 Å². The summed E-state index contributed by atoms with van der Waals surface area (Å²) in [5, 5.41) is 3.60. The summed E-state index contributed by atoms with van der Waals surface area (Å²) in [6, 6.07) is 4.69. The van der Waals surface area contributed by atoms with E-state index in [1.807, 2.05) is 6.92 Å². The zero-order chi connectivity index (χ0) is 27.1. The summed E-state index contributed by atoms with van der Waals surface area (Å²) in [5.41, 5.74) is -1.08. The Morgan fingerprint density at radius 2 is 1.97 bits per heavy atom. The fourth-order valence-electron chi connectivity index (χ4n) is 5.28. The van der Waals surface area contributed by atoms with Gasteiger partial charge in [-0.15, -0.1) is 0 Å². The molecule has 8 nitrogen and oxygen atoms in total. The maximum absolute atomic E-state index is 14.8. The molecule has 2 aromatic heterocycles. The summed E-state index contributed by atoms with van der Waals surface area (Å²) in [5.74, 6) is -0.703. The molecule has 1 saturated heterocycles. The number of rotatable bonds is 6. The molecule has 1 aromatic carbocycles. The number of halogens is 3.